The van der Waals surface area contributed by atoms with Crippen molar-refractivity contribution in [3.8, 4) is 10.6 Å². The quantitative estimate of drug-likeness (QED) is 0.709. The fourth-order valence-corrected chi connectivity index (χ4v) is 5.49. The Kier molecular flexibility index (Phi) is 4.82. The van der Waals surface area contributed by atoms with Crippen LogP contribution in [0.3, 0.4) is 0 Å². The topological polar surface area (TPSA) is 44.0 Å². The van der Waals surface area contributed by atoms with Gasteiger partial charge in [0.05, 0.1) is 10.6 Å². The van der Waals surface area contributed by atoms with E-state index in [-0.39, 0.29) is 0 Å². The predicted molar refractivity (Wildman–Crippen MR) is 111 cm³/mol. The van der Waals surface area contributed by atoms with Gasteiger partial charge in [-0.05, 0) is 61.6 Å². The lowest BCUT2D eigenvalue weighted by Gasteiger charge is -2.37. The molecule has 1 aliphatic carbocycles. The van der Waals surface area contributed by atoms with Crippen LogP contribution in [0.25, 0.3) is 10.6 Å². The molecule has 3 heterocycles. The zero-order valence-corrected chi connectivity index (χ0v) is 16.3. The summed E-state index contributed by atoms with van der Waals surface area (Å²) in [6, 6.07) is 16.7. The number of aromatic nitrogens is 2. The van der Waals surface area contributed by atoms with Gasteiger partial charge in [0.15, 0.2) is 0 Å². The lowest BCUT2D eigenvalue weighted by atomic mass is 10.0. The monoisotopic (exact) mass is 378 g/mol. The average molecular weight is 379 g/mol. The minimum atomic E-state index is 0.597. The van der Waals surface area contributed by atoms with E-state index in [9.17, 15) is 0 Å². The van der Waals surface area contributed by atoms with Crippen molar-refractivity contribution in [1.82, 2.24) is 20.4 Å². The van der Waals surface area contributed by atoms with E-state index in [0.717, 1.165) is 12.2 Å². The SMILES string of the molecule is c1ccc2c(c1)CC(N1CCC[C@H](NCc3ccc(-c4ccn[nH]4)s3)C1)C2. The molecule has 5 rings (SSSR count). The molecule has 2 N–H and O–H groups in total. The normalized spacial score (nSPS) is 20.8. The van der Waals surface area contributed by atoms with Gasteiger partial charge in [0.25, 0.3) is 0 Å². The van der Waals surface area contributed by atoms with Crippen molar-refractivity contribution < 1.29 is 0 Å². The Morgan fingerprint density at radius 1 is 1.11 bits per heavy atom. The number of benzene rings is 1. The third-order valence-electron chi connectivity index (χ3n) is 5.99. The van der Waals surface area contributed by atoms with E-state index in [1.165, 1.54) is 48.5 Å². The van der Waals surface area contributed by atoms with Gasteiger partial charge in [0.2, 0.25) is 0 Å². The van der Waals surface area contributed by atoms with Gasteiger partial charge in [0, 0.05) is 36.2 Å². The Morgan fingerprint density at radius 3 is 2.74 bits per heavy atom. The summed E-state index contributed by atoms with van der Waals surface area (Å²) >= 11 is 1.85. The van der Waals surface area contributed by atoms with E-state index in [4.69, 9.17) is 0 Å². The molecular formula is C22H26N4S. The molecule has 140 valence electrons. The molecule has 1 fully saturated rings. The first-order chi connectivity index (χ1) is 13.3. The number of nitrogens with zero attached hydrogens (tertiary/aromatic N) is 2. The third kappa shape index (κ3) is 3.72. The van der Waals surface area contributed by atoms with Crippen LogP contribution in [-0.4, -0.2) is 40.3 Å². The molecule has 4 nitrogen and oxygen atoms in total. The second-order valence-corrected chi connectivity index (χ2v) is 8.95. The van der Waals surface area contributed by atoms with Crippen LogP contribution in [-0.2, 0) is 19.4 Å². The molecular weight excluding hydrogens is 352 g/mol. The molecule has 1 aromatic carbocycles. The van der Waals surface area contributed by atoms with Crippen LogP contribution < -0.4 is 5.32 Å². The van der Waals surface area contributed by atoms with Crippen molar-refractivity contribution in [2.75, 3.05) is 13.1 Å². The Labute approximate surface area is 164 Å². The van der Waals surface area contributed by atoms with Crippen LogP contribution in [0.15, 0.2) is 48.7 Å². The summed E-state index contributed by atoms with van der Waals surface area (Å²) in [5.74, 6) is 0. The van der Waals surface area contributed by atoms with Gasteiger partial charge in [-0.1, -0.05) is 24.3 Å². The molecule has 0 spiro atoms. The van der Waals surface area contributed by atoms with E-state index < -0.39 is 0 Å². The highest BCUT2D eigenvalue weighted by Gasteiger charge is 2.30. The second-order valence-electron chi connectivity index (χ2n) is 7.78. The van der Waals surface area contributed by atoms with Crippen LogP contribution in [0.2, 0.25) is 0 Å². The summed E-state index contributed by atoms with van der Waals surface area (Å²) < 4.78 is 0. The van der Waals surface area contributed by atoms with Crippen LogP contribution in [0.5, 0.6) is 0 Å². The first kappa shape index (κ1) is 17.2. The molecule has 27 heavy (non-hydrogen) atoms. The molecule has 0 unspecified atom stereocenters. The number of rotatable bonds is 5. The Morgan fingerprint density at radius 2 is 1.96 bits per heavy atom. The molecule has 3 aromatic rings. The van der Waals surface area contributed by atoms with E-state index in [0.29, 0.717) is 12.1 Å². The van der Waals surface area contributed by atoms with Crippen LogP contribution in [0, 0.1) is 0 Å². The van der Waals surface area contributed by atoms with Gasteiger partial charge >= 0.3 is 0 Å². The Balaban J connectivity index is 1.16. The standard InChI is InChI=1S/C22H26N4S/c1-2-5-17-13-19(12-16(17)4-1)26-11-3-6-18(15-26)23-14-20-7-8-22(27-20)21-9-10-24-25-21/h1-2,4-5,7-10,18-19,23H,3,6,11-15H2,(H,24,25)/t18-/m0/s1. The first-order valence-electron chi connectivity index (χ1n) is 9.98. The maximum atomic E-state index is 4.05. The average Bonchev–Trinajstić information content (AvgIpc) is 3.46. The number of H-pyrrole nitrogens is 1. The number of hydrogen-bond donors (Lipinski definition) is 2. The fourth-order valence-electron chi connectivity index (χ4n) is 4.55. The van der Waals surface area contributed by atoms with Crippen molar-refractivity contribution in [3.05, 3.63) is 64.7 Å². The number of likely N-dealkylation sites (tertiary alicyclic amines) is 1. The highest BCUT2D eigenvalue weighted by atomic mass is 32.1. The highest BCUT2D eigenvalue weighted by Crippen LogP contribution is 2.28. The predicted octanol–water partition coefficient (Wildman–Crippen LogP) is 3.86. The minimum Gasteiger partial charge on any atom is -0.308 e. The van der Waals surface area contributed by atoms with Gasteiger partial charge in [-0.15, -0.1) is 11.3 Å². The summed E-state index contributed by atoms with van der Waals surface area (Å²) in [5.41, 5.74) is 4.22. The zero-order valence-electron chi connectivity index (χ0n) is 15.5. The first-order valence-corrected chi connectivity index (χ1v) is 10.8. The molecule has 2 aromatic heterocycles. The van der Waals surface area contributed by atoms with Crippen LogP contribution >= 0.6 is 11.3 Å². The molecule has 0 saturated carbocycles. The summed E-state index contributed by atoms with van der Waals surface area (Å²) in [7, 11) is 0. The minimum absolute atomic E-state index is 0.597. The number of hydrogen-bond acceptors (Lipinski definition) is 4. The van der Waals surface area contributed by atoms with Crippen molar-refractivity contribution in [2.24, 2.45) is 0 Å². The molecule has 1 aliphatic heterocycles. The Bertz CT molecular complexity index is 860. The molecule has 1 saturated heterocycles. The highest BCUT2D eigenvalue weighted by molar-refractivity contribution is 7.15. The number of aromatic amines is 1. The van der Waals surface area contributed by atoms with Gasteiger partial charge in [-0.2, -0.15) is 5.10 Å². The van der Waals surface area contributed by atoms with Crippen LogP contribution in [0.4, 0.5) is 0 Å². The van der Waals surface area contributed by atoms with Crippen molar-refractivity contribution in [3.63, 3.8) is 0 Å². The lowest BCUT2D eigenvalue weighted by molar-refractivity contribution is 0.140. The number of fused-ring (bicyclic) bond motifs is 1. The van der Waals surface area contributed by atoms with Gasteiger partial charge in [-0.3, -0.25) is 10.00 Å². The van der Waals surface area contributed by atoms with Crippen molar-refractivity contribution >= 4 is 11.3 Å². The number of nitrogens with one attached hydrogen (secondary N) is 2. The summed E-state index contributed by atoms with van der Waals surface area (Å²) in [6.45, 7) is 3.39. The van der Waals surface area contributed by atoms with E-state index in [1.807, 2.05) is 23.6 Å². The van der Waals surface area contributed by atoms with Crippen LogP contribution in [0.1, 0.15) is 28.8 Å². The molecule has 0 amide bonds. The summed E-state index contributed by atoms with van der Waals surface area (Å²) in [6.07, 6.45) is 6.84. The maximum Gasteiger partial charge on any atom is 0.0749 e. The van der Waals surface area contributed by atoms with Gasteiger partial charge in [0.1, 0.15) is 0 Å². The molecule has 5 heteroatoms. The second kappa shape index (κ2) is 7.58. The number of thiophene rings is 1. The van der Waals surface area contributed by atoms with Crippen molar-refractivity contribution in [1.29, 1.82) is 0 Å². The lowest BCUT2D eigenvalue weighted by Crippen LogP contribution is -2.49. The molecule has 0 radical (unpaired) electrons. The summed E-state index contributed by atoms with van der Waals surface area (Å²) in [4.78, 5) is 5.38. The number of piperidine rings is 1. The zero-order chi connectivity index (χ0) is 18.1. The largest absolute Gasteiger partial charge is 0.308 e. The van der Waals surface area contributed by atoms with E-state index in [1.54, 1.807) is 11.1 Å². The third-order valence-corrected chi connectivity index (χ3v) is 7.11. The molecule has 2 aliphatic rings. The molecule has 1 atom stereocenters. The smallest absolute Gasteiger partial charge is 0.0749 e. The van der Waals surface area contributed by atoms with E-state index in [2.05, 4.69) is 56.8 Å². The fraction of sp³-hybridized carbons (Fsp3) is 0.409. The summed E-state index contributed by atoms with van der Waals surface area (Å²) in [5, 5.41) is 10.9. The van der Waals surface area contributed by atoms with E-state index >= 15 is 0 Å². The van der Waals surface area contributed by atoms with Crippen molar-refractivity contribution in [2.45, 2.75) is 44.3 Å². The van der Waals surface area contributed by atoms with Gasteiger partial charge < -0.3 is 5.32 Å². The molecule has 0 bridgehead atoms. The maximum absolute atomic E-state index is 4.05. The Hall–Kier alpha value is -1.95. The van der Waals surface area contributed by atoms with Gasteiger partial charge in [-0.25, -0.2) is 0 Å².